The predicted octanol–water partition coefficient (Wildman–Crippen LogP) is -1.11. The lowest BCUT2D eigenvalue weighted by Crippen LogP contribution is -2.46. The van der Waals surface area contributed by atoms with Crippen molar-refractivity contribution >= 4 is 33.7 Å². The molecule has 0 heterocycles. The molecule has 0 rings (SSSR count). The summed E-state index contributed by atoms with van der Waals surface area (Å²) in [6, 6.07) is 0. The number of rotatable bonds is 10. The number of carbonyl (C=O) groups is 3. The van der Waals surface area contributed by atoms with Crippen LogP contribution in [0.2, 0.25) is 0 Å². The summed E-state index contributed by atoms with van der Waals surface area (Å²) in [5, 5.41) is 26.5. The van der Waals surface area contributed by atoms with Crippen molar-refractivity contribution in [2.45, 2.75) is 38.1 Å². The number of hydrogen-bond donors (Lipinski definition) is 5. The van der Waals surface area contributed by atoms with Crippen LogP contribution in [0.4, 0.5) is 0 Å². The fraction of sp³-hybridized carbons (Fsp3) is 0.786. The van der Waals surface area contributed by atoms with E-state index in [1.54, 1.807) is 20.8 Å². The molecular formula is C14H26BrN3O5. The molecule has 0 saturated heterocycles. The van der Waals surface area contributed by atoms with Crippen LogP contribution in [0.3, 0.4) is 0 Å². The number of hydrogen-bond acceptors (Lipinski definition) is 5. The second-order valence-corrected chi connectivity index (χ2v) is 7.22. The molecule has 0 aliphatic carbocycles. The zero-order chi connectivity index (χ0) is 18.0. The first-order valence-corrected chi connectivity index (χ1v) is 8.28. The van der Waals surface area contributed by atoms with Gasteiger partial charge in [0.25, 0.3) is 0 Å². The summed E-state index contributed by atoms with van der Waals surface area (Å²) in [5.41, 5.74) is -0.947. The molecule has 0 aromatic carbocycles. The summed E-state index contributed by atoms with van der Waals surface area (Å²) >= 11 is 3.12. The first-order chi connectivity index (χ1) is 10.6. The third kappa shape index (κ3) is 8.87. The van der Waals surface area contributed by atoms with Crippen molar-refractivity contribution in [2.24, 2.45) is 5.41 Å². The lowest BCUT2D eigenvalue weighted by molar-refractivity contribution is -0.137. The molecule has 9 heteroatoms. The van der Waals surface area contributed by atoms with Gasteiger partial charge in [-0.3, -0.25) is 14.4 Å². The Hall–Kier alpha value is -1.19. The number of aliphatic hydroxyl groups excluding tert-OH is 2. The minimum absolute atomic E-state index is 0.0564. The highest BCUT2D eigenvalue weighted by Crippen LogP contribution is 2.19. The molecule has 1 unspecified atom stereocenters. The van der Waals surface area contributed by atoms with Crippen LogP contribution in [0, 0.1) is 5.41 Å². The molecule has 0 aliphatic rings. The molecule has 0 aromatic rings. The van der Waals surface area contributed by atoms with E-state index in [1.807, 2.05) is 0 Å². The number of alkyl halides is 1. The van der Waals surface area contributed by atoms with E-state index in [4.69, 9.17) is 5.11 Å². The van der Waals surface area contributed by atoms with Crippen LogP contribution >= 0.6 is 15.9 Å². The van der Waals surface area contributed by atoms with E-state index in [2.05, 4.69) is 31.9 Å². The summed E-state index contributed by atoms with van der Waals surface area (Å²) in [7, 11) is 0. The van der Waals surface area contributed by atoms with Gasteiger partial charge in [-0.05, 0) is 6.92 Å². The molecule has 0 aromatic heterocycles. The number of halogens is 1. The first kappa shape index (κ1) is 21.8. The van der Waals surface area contributed by atoms with E-state index < -0.39 is 17.4 Å². The van der Waals surface area contributed by atoms with Crippen LogP contribution in [0.15, 0.2) is 0 Å². The maximum atomic E-state index is 11.7. The van der Waals surface area contributed by atoms with Crippen LogP contribution < -0.4 is 16.0 Å². The standard InChI is InChI=1S/C14H26BrN3O5/c1-9(15)12(22)18-7-6-16-10(20)4-5-17-13(23)11(21)14(2,3)8-19/h9,11,19,21H,4-8H2,1-3H3,(H,16,20)(H,17,23)(H,18,22)/t9?,11-/m0/s1. The van der Waals surface area contributed by atoms with Gasteiger partial charge >= 0.3 is 0 Å². The van der Waals surface area contributed by atoms with E-state index in [0.717, 1.165) is 0 Å². The Morgan fingerprint density at radius 3 is 2.09 bits per heavy atom. The molecule has 0 saturated carbocycles. The van der Waals surface area contributed by atoms with Gasteiger partial charge in [0.2, 0.25) is 17.7 Å². The molecule has 134 valence electrons. The van der Waals surface area contributed by atoms with Gasteiger partial charge in [-0.2, -0.15) is 0 Å². The average molecular weight is 396 g/mol. The smallest absolute Gasteiger partial charge is 0.249 e. The number of amides is 3. The quantitative estimate of drug-likeness (QED) is 0.236. The molecule has 8 nitrogen and oxygen atoms in total. The van der Waals surface area contributed by atoms with Crippen molar-refractivity contribution in [1.29, 1.82) is 0 Å². The largest absolute Gasteiger partial charge is 0.396 e. The summed E-state index contributed by atoms with van der Waals surface area (Å²) in [6.45, 7) is 5.17. The minimum Gasteiger partial charge on any atom is -0.396 e. The maximum Gasteiger partial charge on any atom is 0.249 e. The predicted molar refractivity (Wildman–Crippen MR) is 88.9 cm³/mol. The maximum absolute atomic E-state index is 11.7. The molecule has 0 spiro atoms. The molecule has 0 radical (unpaired) electrons. The van der Waals surface area contributed by atoms with E-state index in [-0.39, 0.29) is 36.2 Å². The Morgan fingerprint density at radius 1 is 1.04 bits per heavy atom. The van der Waals surface area contributed by atoms with Gasteiger partial charge in [0.15, 0.2) is 0 Å². The van der Waals surface area contributed by atoms with Crippen molar-refractivity contribution in [3.63, 3.8) is 0 Å². The van der Waals surface area contributed by atoms with E-state index in [0.29, 0.717) is 13.1 Å². The van der Waals surface area contributed by atoms with Gasteiger partial charge < -0.3 is 26.2 Å². The lowest BCUT2D eigenvalue weighted by Gasteiger charge is -2.27. The van der Waals surface area contributed by atoms with Crippen molar-refractivity contribution in [3.05, 3.63) is 0 Å². The fourth-order valence-corrected chi connectivity index (χ4v) is 1.62. The zero-order valence-electron chi connectivity index (χ0n) is 13.7. The topological polar surface area (TPSA) is 128 Å². The van der Waals surface area contributed by atoms with Gasteiger partial charge in [0.1, 0.15) is 6.10 Å². The summed E-state index contributed by atoms with van der Waals surface area (Å²) in [5.74, 6) is -1.07. The van der Waals surface area contributed by atoms with Crippen molar-refractivity contribution in [2.75, 3.05) is 26.2 Å². The normalized spacial score (nSPS) is 13.8. The van der Waals surface area contributed by atoms with Crippen LogP contribution in [0.25, 0.3) is 0 Å². The highest BCUT2D eigenvalue weighted by Gasteiger charge is 2.32. The zero-order valence-corrected chi connectivity index (χ0v) is 15.3. The van der Waals surface area contributed by atoms with E-state index in [9.17, 15) is 19.5 Å². The summed E-state index contributed by atoms with van der Waals surface area (Å²) < 4.78 is 0. The van der Waals surface area contributed by atoms with Crippen molar-refractivity contribution < 1.29 is 24.6 Å². The van der Waals surface area contributed by atoms with E-state index >= 15 is 0 Å². The van der Waals surface area contributed by atoms with Crippen molar-refractivity contribution in [1.82, 2.24) is 16.0 Å². The molecule has 23 heavy (non-hydrogen) atoms. The van der Waals surface area contributed by atoms with Crippen LogP contribution in [-0.2, 0) is 14.4 Å². The fourth-order valence-electron chi connectivity index (χ4n) is 1.45. The Bertz CT molecular complexity index is 415. The Kier molecular flexibility index (Phi) is 10.0. The number of nitrogens with one attached hydrogen (secondary N) is 3. The number of aliphatic hydroxyl groups is 2. The van der Waals surface area contributed by atoms with Gasteiger partial charge in [0, 0.05) is 31.5 Å². The third-order valence-electron chi connectivity index (χ3n) is 3.16. The van der Waals surface area contributed by atoms with Gasteiger partial charge in [-0.25, -0.2) is 0 Å². The Morgan fingerprint density at radius 2 is 1.57 bits per heavy atom. The molecular weight excluding hydrogens is 370 g/mol. The number of carbonyl (C=O) groups excluding carboxylic acids is 3. The summed E-state index contributed by atoms with van der Waals surface area (Å²) in [4.78, 5) is 34.2. The van der Waals surface area contributed by atoms with Gasteiger partial charge in [0.05, 0.1) is 11.4 Å². The molecule has 0 aliphatic heterocycles. The first-order valence-electron chi connectivity index (χ1n) is 7.37. The SMILES string of the molecule is CC(Br)C(=O)NCCNC(=O)CCNC(=O)[C@H](O)C(C)(C)CO. The second kappa shape index (κ2) is 10.6. The van der Waals surface area contributed by atoms with Crippen LogP contribution in [0.1, 0.15) is 27.2 Å². The van der Waals surface area contributed by atoms with E-state index in [1.165, 1.54) is 0 Å². The van der Waals surface area contributed by atoms with Gasteiger partial charge in [-0.15, -0.1) is 0 Å². The Balaban J connectivity index is 3.87. The highest BCUT2D eigenvalue weighted by atomic mass is 79.9. The second-order valence-electron chi connectivity index (χ2n) is 5.85. The lowest BCUT2D eigenvalue weighted by atomic mass is 9.87. The molecule has 2 atom stereocenters. The van der Waals surface area contributed by atoms with Crippen LogP contribution in [0.5, 0.6) is 0 Å². The van der Waals surface area contributed by atoms with Crippen LogP contribution in [-0.4, -0.2) is 65.1 Å². The highest BCUT2D eigenvalue weighted by molar-refractivity contribution is 9.10. The Labute approximate surface area is 144 Å². The minimum atomic E-state index is -1.35. The molecule has 0 fully saturated rings. The average Bonchev–Trinajstić information content (AvgIpc) is 2.50. The van der Waals surface area contributed by atoms with Gasteiger partial charge in [-0.1, -0.05) is 29.8 Å². The van der Waals surface area contributed by atoms with Crippen molar-refractivity contribution in [3.8, 4) is 0 Å². The summed E-state index contributed by atoms with van der Waals surface area (Å²) in [6.07, 6.45) is -1.29. The molecule has 3 amide bonds. The third-order valence-corrected chi connectivity index (χ3v) is 3.57. The molecule has 0 bridgehead atoms. The molecule has 5 N–H and O–H groups in total. The monoisotopic (exact) mass is 395 g/mol.